The molecule has 1 heterocycles. The summed E-state index contributed by atoms with van der Waals surface area (Å²) in [6.07, 6.45) is 5.94. The van der Waals surface area contributed by atoms with Crippen LogP contribution in [0.5, 0.6) is 0 Å². The monoisotopic (exact) mass is 199 g/mol. The first-order chi connectivity index (χ1) is 7.36. The van der Waals surface area contributed by atoms with Crippen LogP contribution in [-0.4, -0.2) is 9.97 Å². The Morgan fingerprint density at radius 1 is 1.20 bits per heavy atom. The molecule has 3 rings (SSSR count). The van der Waals surface area contributed by atoms with Crippen molar-refractivity contribution in [1.29, 1.82) is 0 Å². The summed E-state index contributed by atoms with van der Waals surface area (Å²) >= 11 is 0. The van der Waals surface area contributed by atoms with E-state index in [9.17, 15) is 0 Å². The second-order valence-electron chi connectivity index (χ2n) is 4.13. The van der Waals surface area contributed by atoms with Crippen LogP contribution in [0.15, 0.2) is 30.6 Å². The molecule has 1 aromatic carbocycles. The van der Waals surface area contributed by atoms with Crippen molar-refractivity contribution in [3.8, 4) is 0 Å². The number of hydrogen-bond donors (Lipinski definition) is 1. The SMILES string of the molecule is NC(c1cccc2nccnc12)C1CC1. The molecule has 1 aliphatic carbocycles. The number of rotatable bonds is 2. The Hall–Kier alpha value is -1.48. The minimum Gasteiger partial charge on any atom is -0.324 e. The van der Waals surface area contributed by atoms with Gasteiger partial charge in [-0.25, -0.2) is 0 Å². The van der Waals surface area contributed by atoms with Gasteiger partial charge in [-0.05, 0) is 30.4 Å². The van der Waals surface area contributed by atoms with Gasteiger partial charge in [0.15, 0.2) is 0 Å². The molecule has 1 unspecified atom stereocenters. The van der Waals surface area contributed by atoms with E-state index in [4.69, 9.17) is 5.73 Å². The lowest BCUT2D eigenvalue weighted by molar-refractivity contribution is 0.637. The fourth-order valence-electron chi connectivity index (χ4n) is 1.99. The number of para-hydroxylation sites is 1. The summed E-state index contributed by atoms with van der Waals surface area (Å²) in [5.74, 6) is 0.651. The van der Waals surface area contributed by atoms with Crippen molar-refractivity contribution in [2.45, 2.75) is 18.9 Å². The maximum Gasteiger partial charge on any atom is 0.0934 e. The van der Waals surface area contributed by atoms with E-state index in [1.54, 1.807) is 12.4 Å². The van der Waals surface area contributed by atoms with Gasteiger partial charge in [-0.15, -0.1) is 0 Å². The molecule has 1 aliphatic rings. The molecule has 0 aliphatic heterocycles. The summed E-state index contributed by atoms with van der Waals surface area (Å²) in [4.78, 5) is 8.66. The molecule has 1 fully saturated rings. The van der Waals surface area contributed by atoms with Gasteiger partial charge in [0.2, 0.25) is 0 Å². The molecule has 76 valence electrons. The predicted octanol–water partition coefficient (Wildman–Crippen LogP) is 2.04. The topological polar surface area (TPSA) is 51.8 Å². The lowest BCUT2D eigenvalue weighted by atomic mass is 10.0. The number of nitrogens with two attached hydrogens (primary N) is 1. The average Bonchev–Trinajstić information content (AvgIpc) is 3.11. The van der Waals surface area contributed by atoms with E-state index in [1.807, 2.05) is 12.1 Å². The van der Waals surface area contributed by atoms with Crippen molar-refractivity contribution < 1.29 is 0 Å². The molecule has 3 heteroatoms. The minimum absolute atomic E-state index is 0.130. The van der Waals surface area contributed by atoms with Crippen LogP contribution in [0.4, 0.5) is 0 Å². The van der Waals surface area contributed by atoms with Gasteiger partial charge in [-0.2, -0.15) is 0 Å². The van der Waals surface area contributed by atoms with Crippen molar-refractivity contribution in [3.63, 3.8) is 0 Å². The molecule has 3 nitrogen and oxygen atoms in total. The summed E-state index contributed by atoms with van der Waals surface area (Å²) < 4.78 is 0. The molecule has 15 heavy (non-hydrogen) atoms. The zero-order valence-corrected chi connectivity index (χ0v) is 8.43. The lowest BCUT2D eigenvalue weighted by Gasteiger charge is -2.12. The van der Waals surface area contributed by atoms with Gasteiger partial charge in [0, 0.05) is 18.4 Å². The molecule has 1 aromatic heterocycles. The summed E-state index contributed by atoms with van der Waals surface area (Å²) in [7, 11) is 0. The number of hydrogen-bond acceptors (Lipinski definition) is 3. The molecule has 1 atom stereocenters. The Morgan fingerprint density at radius 2 is 2.00 bits per heavy atom. The molecule has 2 N–H and O–H groups in total. The predicted molar refractivity (Wildman–Crippen MR) is 59.2 cm³/mol. The van der Waals surface area contributed by atoms with E-state index in [1.165, 1.54) is 12.8 Å². The van der Waals surface area contributed by atoms with Gasteiger partial charge in [-0.1, -0.05) is 12.1 Å². The second kappa shape index (κ2) is 3.28. The number of fused-ring (bicyclic) bond motifs is 1. The highest BCUT2D eigenvalue weighted by atomic mass is 14.8. The highest BCUT2D eigenvalue weighted by molar-refractivity contribution is 5.78. The Labute approximate surface area is 88.3 Å². The quantitative estimate of drug-likeness (QED) is 0.805. The van der Waals surface area contributed by atoms with Crippen LogP contribution in [0.25, 0.3) is 11.0 Å². The van der Waals surface area contributed by atoms with Crippen molar-refractivity contribution in [1.82, 2.24) is 9.97 Å². The van der Waals surface area contributed by atoms with Gasteiger partial charge >= 0.3 is 0 Å². The first-order valence-corrected chi connectivity index (χ1v) is 5.31. The average molecular weight is 199 g/mol. The maximum atomic E-state index is 6.20. The standard InChI is InChI=1S/C12H13N3/c13-11(8-4-5-8)9-2-1-3-10-12(9)15-7-6-14-10/h1-3,6-8,11H,4-5,13H2. The van der Waals surface area contributed by atoms with E-state index in [2.05, 4.69) is 16.0 Å². The van der Waals surface area contributed by atoms with Gasteiger partial charge in [0.1, 0.15) is 0 Å². The number of nitrogens with zero attached hydrogens (tertiary/aromatic N) is 2. The zero-order chi connectivity index (χ0) is 10.3. The van der Waals surface area contributed by atoms with E-state index in [0.717, 1.165) is 16.6 Å². The van der Waals surface area contributed by atoms with E-state index >= 15 is 0 Å². The summed E-state index contributed by atoms with van der Waals surface area (Å²) in [5, 5.41) is 0. The Kier molecular flexibility index (Phi) is 1.92. The number of benzene rings is 1. The first kappa shape index (κ1) is 8.80. The normalized spacial score (nSPS) is 17.9. The molecule has 0 spiro atoms. The third kappa shape index (κ3) is 1.49. The fraction of sp³-hybridized carbons (Fsp3) is 0.333. The number of aromatic nitrogens is 2. The third-order valence-corrected chi connectivity index (χ3v) is 3.02. The molecular formula is C12H13N3. The molecule has 0 saturated heterocycles. The Bertz CT molecular complexity index is 486. The molecule has 0 radical (unpaired) electrons. The lowest BCUT2D eigenvalue weighted by Crippen LogP contribution is -2.13. The van der Waals surface area contributed by atoms with Crippen molar-refractivity contribution in [3.05, 3.63) is 36.2 Å². The van der Waals surface area contributed by atoms with Crippen LogP contribution in [0.3, 0.4) is 0 Å². The molecular weight excluding hydrogens is 186 g/mol. The third-order valence-electron chi connectivity index (χ3n) is 3.02. The van der Waals surface area contributed by atoms with Gasteiger partial charge in [0.25, 0.3) is 0 Å². The second-order valence-corrected chi connectivity index (χ2v) is 4.13. The molecule has 1 saturated carbocycles. The summed E-state index contributed by atoms with van der Waals surface area (Å²) in [5.41, 5.74) is 9.23. The van der Waals surface area contributed by atoms with E-state index in [-0.39, 0.29) is 6.04 Å². The van der Waals surface area contributed by atoms with Gasteiger partial charge in [0.05, 0.1) is 11.0 Å². The van der Waals surface area contributed by atoms with Crippen LogP contribution in [0.1, 0.15) is 24.4 Å². The van der Waals surface area contributed by atoms with Crippen molar-refractivity contribution >= 4 is 11.0 Å². The van der Waals surface area contributed by atoms with Gasteiger partial charge in [-0.3, -0.25) is 9.97 Å². The first-order valence-electron chi connectivity index (χ1n) is 5.31. The van der Waals surface area contributed by atoms with Crippen LogP contribution in [-0.2, 0) is 0 Å². The Morgan fingerprint density at radius 3 is 2.80 bits per heavy atom. The van der Waals surface area contributed by atoms with Gasteiger partial charge < -0.3 is 5.73 Å². The molecule has 0 bridgehead atoms. The highest BCUT2D eigenvalue weighted by Crippen LogP contribution is 2.40. The van der Waals surface area contributed by atoms with E-state index < -0.39 is 0 Å². The van der Waals surface area contributed by atoms with E-state index in [0.29, 0.717) is 5.92 Å². The maximum absolute atomic E-state index is 6.20. The minimum atomic E-state index is 0.130. The van der Waals surface area contributed by atoms with Crippen molar-refractivity contribution in [2.75, 3.05) is 0 Å². The smallest absolute Gasteiger partial charge is 0.0934 e. The van der Waals surface area contributed by atoms with Crippen LogP contribution >= 0.6 is 0 Å². The Balaban J connectivity index is 2.16. The zero-order valence-electron chi connectivity index (χ0n) is 8.43. The molecule has 0 amide bonds. The van der Waals surface area contributed by atoms with Crippen molar-refractivity contribution in [2.24, 2.45) is 11.7 Å². The summed E-state index contributed by atoms with van der Waals surface area (Å²) in [6.45, 7) is 0. The van der Waals surface area contributed by atoms with Crippen LogP contribution < -0.4 is 5.73 Å². The summed E-state index contributed by atoms with van der Waals surface area (Å²) in [6, 6.07) is 6.19. The molecule has 2 aromatic rings. The van der Waals surface area contributed by atoms with Crippen LogP contribution in [0.2, 0.25) is 0 Å². The largest absolute Gasteiger partial charge is 0.324 e. The fourth-order valence-corrected chi connectivity index (χ4v) is 1.99. The highest BCUT2D eigenvalue weighted by Gasteiger charge is 2.30. The van der Waals surface area contributed by atoms with Crippen LogP contribution in [0, 0.1) is 5.92 Å².